The van der Waals surface area contributed by atoms with Gasteiger partial charge in [0.25, 0.3) is 0 Å². The third kappa shape index (κ3) is 5.65. The second-order valence-electron chi connectivity index (χ2n) is 6.02. The summed E-state index contributed by atoms with van der Waals surface area (Å²) in [5.74, 6) is 0.991. The maximum atomic E-state index is 11.9. The fraction of sp³-hybridized carbons (Fsp3) is 0.500. The van der Waals surface area contributed by atoms with Crippen LogP contribution in [0, 0.1) is 0 Å². The molecule has 134 valence electrons. The molecule has 1 saturated heterocycles. The molecule has 0 unspecified atom stereocenters. The number of amides is 1. The molecule has 0 spiro atoms. The van der Waals surface area contributed by atoms with Crippen molar-refractivity contribution in [3.8, 4) is 11.5 Å². The van der Waals surface area contributed by atoms with E-state index in [1.54, 1.807) is 0 Å². The van der Waals surface area contributed by atoms with Gasteiger partial charge in [0.15, 0.2) is 0 Å². The highest BCUT2D eigenvalue weighted by molar-refractivity contribution is 5.75. The lowest BCUT2D eigenvalue weighted by Crippen LogP contribution is -2.38. The third-order valence-corrected chi connectivity index (χ3v) is 4.13. The Morgan fingerprint density at radius 1 is 1.16 bits per heavy atom. The van der Waals surface area contributed by atoms with E-state index in [1.807, 2.05) is 30.3 Å². The molecular formula is C18H24N4O3. The van der Waals surface area contributed by atoms with E-state index in [9.17, 15) is 4.79 Å². The molecule has 0 aliphatic carbocycles. The average molecular weight is 344 g/mol. The number of morpholine rings is 1. The minimum absolute atomic E-state index is 0.0152. The number of ether oxygens (including phenoxy) is 1. The molecule has 1 N–H and O–H groups in total. The van der Waals surface area contributed by atoms with Gasteiger partial charge in [-0.25, -0.2) is 0 Å². The maximum absolute atomic E-state index is 11.9. The molecule has 1 aromatic carbocycles. The molecule has 25 heavy (non-hydrogen) atoms. The highest BCUT2D eigenvalue weighted by Crippen LogP contribution is 2.17. The van der Waals surface area contributed by atoms with Crippen molar-refractivity contribution < 1.29 is 13.9 Å². The van der Waals surface area contributed by atoms with E-state index < -0.39 is 0 Å². The molecule has 1 fully saturated rings. The zero-order valence-corrected chi connectivity index (χ0v) is 14.3. The molecule has 1 aromatic heterocycles. The van der Waals surface area contributed by atoms with Gasteiger partial charge >= 0.3 is 0 Å². The van der Waals surface area contributed by atoms with Crippen LogP contribution in [-0.4, -0.2) is 60.4 Å². The topological polar surface area (TPSA) is 80.5 Å². The van der Waals surface area contributed by atoms with Crippen LogP contribution < -0.4 is 5.32 Å². The number of carbonyl (C=O) groups excluding carboxylic acids is 1. The zero-order chi connectivity index (χ0) is 17.3. The molecule has 7 nitrogen and oxygen atoms in total. The monoisotopic (exact) mass is 344 g/mol. The Kier molecular flexibility index (Phi) is 6.53. The highest BCUT2D eigenvalue weighted by atomic mass is 16.5. The quantitative estimate of drug-likeness (QED) is 0.731. The fourth-order valence-electron chi connectivity index (χ4n) is 2.72. The van der Waals surface area contributed by atoms with Crippen molar-refractivity contribution in [1.82, 2.24) is 20.4 Å². The molecule has 0 radical (unpaired) electrons. The number of hydrogen-bond acceptors (Lipinski definition) is 6. The molecule has 2 heterocycles. The lowest BCUT2D eigenvalue weighted by Gasteiger charge is -2.26. The maximum Gasteiger partial charge on any atom is 0.247 e. The summed E-state index contributed by atoms with van der Waals surface area (Å²) in [5.41, 5.74) is 0.883. The number of nitrogens with one attached hydrogen (secondary N) is 1. The van der Waals surface area contributed by atoms with Crippen LogP contribution in [0.15, 0.2) is 34.7 Å². The molecular weight excluding hydrogens is 320 g/mol. The summed E-state index contributed by atoms with van der Waals surface area (Å²) in [6, 6.07) is 9.61. The van der Waals surface area contributed by atoms with Crippen molar-refractivity contribution in [2.24, 2.45) is 0 Å². The number of benzene rings is 1. The van der Waals surface area contributed by atoms with Gasteiger partial charge in [0.2, 0.25) is 17.7 Å². The summed E-state index contributed by atoms with van der Waals surface area (Å²) in [6.45, 7) is 5.26. The van der Waals surface area contributed by atoms with Gasteiger partial charge in [-0.05, 0) is 25.1 Å². The molecule has 1 amide bonds. The predicted octanol–water partition coefficient (Wildman–Crippen LogP) is 1.51. The highest BCUT2D eigenvalue weighted by Gasteiger charge is 2.11. The Morgan fingerprint density at radius 3 is 2.76 bits per heavy atom. The van der Waals surface area contributed by atoms with E-state index >= 15 is 0 Å². The first kappa shape index (κ1) is 17.6. The van der Waals surface area contributed by atoms with Gasteiger partial charge in [-0.1, -0.05) is 18.2 Å². The van der Waals surface area contributed by atoms with Gasteiger partial charge in [-0.3, -0.25) is 9.69 Å². The van der Waals surface area contributed by atoms with Crippen LogP contribution in [-0.2, 0) is 16.0 Å². The lowest BCUT2D eigenvalue weighted by atomic mass is 10.2. The van der Waals surface area contributed by atoms with E-state index in [0.717, 1.165) is 44.8 Å². The summed E-state index contributed by atoms with van der Waals surface area (Å²) in [7, 11) is 0. The Labute approximate surface area is 147 Å². The molecule has 0 atom stereocenters. The summed E-state index contributed by atoms with van der Waals surface area (Å²) < 4.78 is 10.9. The standard InChI is InChI=1S/C18H24N4O3/c23-16(19-9-4-10-22-11-13-24-14-12-22)7-8-17-20-21-18(25-17)15-5-2-1-3-6-15/h1-3,5-6H,4,7-14H2,(H,19,23). The van der Waals surface area contributed by atoms with Crippen molar-refractivity contribution in [1.29, 1.82) is 0 Å². The first-order valence-corrected chi connectivity index (χ1v) is 8.76. The number of aryl methyl sites for hydroxylation is 1. The molecule has 0 bridgehead atoms. The van der Waals surface area contributed by atoms with Crippen molar-refractivity contribution in [3.63, 3.8) is 0 Å². The van der Waals surface area contributed by atoms with Gasteiger partial charge in [0.1, 0.15) is 0 Å². The predicted molar refractivity (Wildman–Crippen MR) is 92.9 cm³/mol. The minimum Gasteiger partial charge on any atom is -0.421 e. The summed E-state index contributed by atoms with van der Waals surface area (Å²) in [4.78, 5) is 14.3. The van der Waals surface area contributed by atoms with Crippen LogP contribution in [0.25, 0.3) is 11.5 Å². The van der Waals surface area contributed by atoms with E-state index in [4.69, 9.17) is 9.15 Å². The fourth-order valence-corrected chi connectivity index (χ4v) is 2.72. The number of aromatic nitrogens is 2. The van der Waals surface area contributed by atoms with E-state index in [2.05, 4.69) is 20.4 Å². The molecule has 0 saturated carbocycles. The Hall–Kier alpha value is -2.25. The van der Waals surface area contributed by atoms with Gasteiger partial charge in [-0.2, -0.15) is 0 Å². The van der Waals surface area contributed by atoms with Crippen LogP contribution >= 0.6 is 0 Å². The molecule has 2 aromatic rings. The second kappa shape index (κ2) is 9.29. The molecule has 1 aliphatic heterocycles. The largest absolute Gasteiger partial charge is 0.421 e. The summed E-state index contributed by atoms with van der Waals surface area (Å²) in [5, 5.41) is 11.0. The van der Waals surface area contributed by atoms with Crippen molar-refractivity contribution >= 4 is 5.91 Å². The Balaban J connectivity index is 1.33. The first-order chi connectivity index (χ1) is 12.3. The Bertz CT molecular complexity index is 653. The Morgan fingerprint density at radius 2 is 1.96 bits per heavy atom. The molecule has 1 aliphatic rings. The van der Waals surface area contributed by atoms with Gasteiger partial charge in [-0.15, -0.1) is 10.2 Å². The van der Waals surface area contributed by atoms with Crippen LogP contribution in [0.5, 0.6) is 0 Å². The smallest absolute Gasteiger partial charge is 0.247 e. The van der Waals surface area contributed by atoms with Crippen molar-refractivity contribution in [2.45, 2.75) is 19.3 Å². The van der Waals surface area contributed by atoms with E-state index in [0.29, 0.717) is 31.2 Å². The summed E-state index contributed by atoms with van der Waals surface area (Å²) in [6.07, 6.45) is 1.76. The van der Waals surface area contributed by atoms with Gasteiger partial charge in [0, 0.05) is 38.0 Å². The first-order valence-electron chi connectivity index (χ1n) is 8.76. The van der Waals surface area contributed by atoms with Crippen molar-refractivity contribution in [2.75, 3.05) is 39.4 Å². The van der Waals surface area contributed by atoms with Gasteiger partial charge < -0.3 is 14.5 Å². The van der Waals surface area contributed by atoms with E-state index in [1.165, 1.54) is 0 Å². The number of carbonyl (C=O) groups is 1. The molecule has 3 rings (SSSR count). The van der Waals surface area contributed by atoms with Crippen LogP contribution in [0.2, 0.25) is 0 Å². The zero-order valence-electron chi connectivity index (χ0n) is 14.3. The average Bonchev–Trinajstić information content (AvgIpc) is 3.14. The minimum atomic E-state index is 0.0152. The lowest BCUT2D eigenvalue weighted by molar-refractivity contribution is -0.121. The molecule has 7 heteroatoms. The van der Waals surface area contributed by atoms with Crippen LogP contribution in [0.3, 0.4) is 0 Å². The second-order valence-corrected chi connectivity index (χ2v) is 6.02. The summed E-state index contributed by atoms with van der Waals surface area (Å²) >= 11 is 0. The van der Waals surface area contributed by atoms with Crippen molar-refractivity contribution in [3.05, 3.63) is 36.2 Å². The number of nitrogens with zero attached hydrogens (tertiary/aromatic N) is 3. The number of rotatable bonds is 8. The SMILES string of the molecule is O=C(CCc1nnc(-c2ccccc2)o1)NCCCN1CCOCC1. The number of hydrogen-bond donors (Lipinski definition) is 1. The van der Waals surface area contributed by atoms with Crippen LogP contribution in [0.1, 0.15) is 18.7 Å². The van der Waals surface area contributed by atoms with Crippen LogP contribution in [0.4, 0.5) is 0 Å². The van der Waals surface area contributed by atoms with E-state index in [-0.39, 0.29) is 5.91 Å². The third-order valence-electron chi connectivity index (χ3n) is 4.13. The normalized spacial score (nSPS) is 15.2. The van der Waals surface area contributed by atoms with Gasteiger partial charge in [0.05, 0.1) is 13.2 Å².